The van der Waals surface area contributed by atoms with E-state index in [2.05, 4.69) is 16.4 Å². The monoisotopic (exact) mass is 458 g/mol. The first-order chi connectivity index (χ1) is 16.6. The van der Waals surface area contributed by atoms with Gasteiger partial charge in [-0.05, 0) is 53.4 Å². The van der Waals surface area contributed by atoms with Crippen LogP contribution in [0.1, 0.15) is 29.0 Å². The van der Waals surface area contributed by atoms with E-state index in [1.165, 1.54) is 0 Å². The van der Waals surface area contributed by atoms with Gasteiger partial charge in [0.15, 0.2) is 11.5 Å². The second kappa shape index (κ2) is 10.8. The van der Waals surface area contributed by atoms with Gasteiger partial charge in [-0.1, -0.05) is 36.4 Å². The molecule has 0 aliphatic rings. The van der Waals surface area contributed by atoms with Gasteiger partial charge in [-0.2, -0.15) is 0 Å². The van der Waals surface area contributed by atoms with E-state index in [4.69, 9.17) is 14.2 Å². The van der Waals surface area contributed by atoms with E-state index in [0.717, 1.165) is 33.3 Å². The SMILES string of the molecule is COc1ccc([C@@H](CC(=O)NCCc2ccc(OC)c(OC)c2)c2c[nH]c3ccccc23)cc1. The fraction of sp³-hybridized carbons (Fsp3) is 0.250. The van der Waals surface area contributed by atoms with E-state index in [0.29, 0.717) is 30.9 Å². The number of fused-ring (bicyclic) bond motifs is 1. The molecule has 0 bridgehead atoms. The minimum atomic E-state index is -0.0804. The Morgan fingerprint density at radius 3 is 2.41 bits per heavy atom. The van der Waals surface area contributed by atoms with E-state index in [1.54, 1.807) is 21.3 Å². The van der Waals surface area contributed by atoms with Gasteiger partial charge in [-0.3, -0.25) is 4.79 Å². The molecule has 6 nitrogen and oxygen atoms in total. The molecule has 0 aliphatic heterocycles. The second-order valence-corrected chi connectivity index (χ2v) is 8.11. The predicted molar refractivity (Wildman–Crippen MR) is 134 cm³/mol. The lowest BCUT2D eigenvalue weighted by molar-refractivity contribution is -0.121. The smallest absolute Gasteiger partial charge is 0.220 e. The molecule has 0 aliphatic carbocycles. The Morgan fingerprint density at radius 1 is 0.912 bits per heavy atom. The third kappa shape index (κ3) is 5.17. The maximum atomic E-state index is 13.0. The fourth-order valence-corrected chi connectivity index (χ4v) is 4.27. The van der Waals surface area contributed by atoms with Crippen LogP contribution in [0.3, 0.4) is 0 Å². The number of carbonyl (C=O) groups excluding carboxylic acids is 1. The quantitative estimate of drug-likeness (QED) is 0.348. The molecule has 0 unspecified atom stereocenters. The third-order valence-corrected chi connectivity index (χ3v) is 6.09. The summed E-state index contributed by atoms with van der Waals surface area (Å²) in [7, 11) is 4.89. The zero-order valence-electron chi connectivity index (χ0n) is 19.8. The minimum absolute atomic E-state index is 0.00609. The van der Waals surface area contributed by atoms with Crippen LogP contribution < -0.4 is 19.5 Å². The van der Waals surface area contributed by atoms with E-state index in [9.17, 15) is 4.79 Å². The highest BCUT2D eigenvalue weighted by molar-refractivity contribution is 5.86. The summed E-state index contributed by atoms with van der Waals surface area (Å²) in [5.74, 6) is 2.09. The molecule has 4 rings (SSSR count). The van der Waals surface area contributed by atoms with Crippen LogP contribution in [0.15, 0.2) is 72.9 Å². The number of carbonyl (C=O) groups is 1. The van der Waals surface area contributed by atoms with Crippen LogP contribution in [0.2, 0.25) is 0 Å². The van der Waals surface area contributed by atoms with Crippen molar-refractivity contribution in [1.82, 2.24) is 10.3 Å². The minimum Gasteiger partial charge on any atom is -0.497 e. The summed E-state index contributed by atoms with van der Waals surface area (Å²) in [6, 6.07) is 21.9. The molecule has 6 heteroatoms. The average molecular weight is 459 g/mol. The average Bonchev–Trinajstić information content (AvgIpc) is 3.31. The van der Waals surface area contributed by atoms with Crippen LogP contribution in [-0.4, -0.2) is 38.8 Å². The van der Waals surface area contributed by atoms with Crippen molar-refractivity contribution in [2.24, 2.45) is 0 Å². The number of H-pyrrole nitrogens is 1. The van der Waals surface area contributed by atoms with Crippen LogP contribution >= 0.6 is 0 Å². The maximum absolute atomic E-state index is 13.0. The molecule has 2 N–H and O–H groups in total. The summed E-state index contributed by atoms with van der Waals surface area (Å²) in [5.41, 5.74) is 4.31. The van der Waals surface area contributed by atoms with Gasteiger partial charge in [-0.15, -0.1) is 0 Å². The predicted octanol–water partition coefficient (Wildman–Crippen LogP) is 5.07. The number of ether oxygens (including phenoxy) is 3. The molecule has 0 spiro atoms. The van der Waals surface area contributed by atoms with Crippen LogP contribution in [0.4, 0.5) is 0 Å². The first-order valence-corrected chi connectivity index (χ1v) is 11.3. The van der Waals surface area contributed by atoms with Crippen molar-refractivity contribution in [2.75, 3.05) is 27.9 Å². The Balaban J connectivity index is 1.48. The largest absolute Gasteiger partial charge is 0.497 e. The number of aromatic amines is 1. The van der Waals surface area contributed by atoms with Crippen molar-refractivity contribution in [3.05, 3.63) is 89.6 Å². The lowest BCUT2D eigenvalue weighted by atomic mass is 9.88. The molecule has 3 aromatic carbocycles. The third-order valence-electron chi connectivity index (χ3n) is 6.09. The standard InChI is InChI=1S/C28H30N2O4/c1-32-21-11-9-20(10-12-21)23(24-18-30-25-7-5-4-6-22(24)25)17-28(31)29-15-14-19-8-13-26(33-2)27(16-19)34-3/h4-13,16,18,23,30H,14-15,17H2,1-3H3,(H,29,31)/t23-/m1/s1. The fourth-order valence-electron chi connectivity index (χ4n) is 4.27. The Labute approximate surface area is 199 Å². The van der Waals surface area contributed by atoms with Gasteiger partial charge < -0.3 is 24.5 Å². The van der Waals surface area contributed by atoms with Gasteiger partial charge in [-0.25, -0.2) is 0 Å². The number of amides is 1. The van der Waals surface area contributed by atoms with Crippen LogP contribution in [-0.2, 0) is 11.2 Å². The van der Waals surface area contributed by atoms with Crippen LogP contribution in [0.5, 0.6) is 17.2 Å². The van der Waals surface area contributed by atoms with E-state index in [1.807, 2.05) is 66.9 Å². The molecule has 0 fully saturated rings. The first kappa shape index (κ1) is 23.2. The molecule has 1 amide bonds. The van der Waals surface area contributed by atoms with Crippen LogP contribution in [0.25, 0.3) is 10.9 Å². The second-order valence-electron chi connectivity index (χ2n) is 8.11. The number of methoxy groups -OCH3 is 3. The molecular weight excluding hydrogens is 428 g/mol. The molecule has 34 heavy (non-hydrogen) atoms. The van der Waals surface area contributed by atoms with Crippen molar-refractivity contribution < 1.29 is 19.0 Å². The highest BCUT2D eigenvalue weighted by Crippen LogP contribution is 2.34. The van der Waals surface area contributed by atoms with E-state index >= 15 is 0 Å². The van der Waals surface area contributed by atoms with Gasteiger partial charge in [0.05, 0.1) is 21.3 Å². The number of benzene rings is 3. The summed E-state index contributed by atoms with van der Waals surface area (Å²) in [4.78, 5) is 16.3. The maximum Gasteiger partial charge on any atom is 0.220 e. The molecule has 1 atom stereocenters. The van der Waals surface area contributed by atoms with Crippen LogP contribution in [0, 0.1) is 0 Å². The number of nitrogens with one attached hydrogen (secondary N) is 2. The van der Waals surface area contributed by atoms with Gasteiger partial charge >= 0.3 is 0 Å². The first-order valence-electron chi connectivity index (χ1n) is 11.3. The Bertz CT molecular complexity index is 1250. The highest BCUT2D eigenvalue weighted by Gasteiger charge is 2.21. The number of aromatic nitrogens is 1. The molecule has 4 aromatic rings. The summed E-state index contributed by atoms with van der Waals surface area (Å²) in [6.07, 6.45) is 3.06. The molecule has 176 valence electrons. The van der Waals surface area contributed by atoms with Crippen molar-refractivity contribution >= 4 is 16.8 Å². The van der Waals surface area contributed by atoms with Gasteiger partial charge in [0.2, 0.25) is 5.91 Å². The summed E-state index contributed by atoms with van der Waals surface area (Å²) >= 11 is 0. The van der Waals surface area contributed by atoms with E-state index in [-0.39, 0.29) is 11.8 Å². The lowest BCUT2D eigenvalue weighted by Gasteiger charge is -2.18. The summed E-state index contributed by atoms with van der Waals surface area (Å²) in [5, 5.41) is 4.21. The zero-order chi connectivity index (χ0) is 23.9. The Hall–Kier alpha value is -3.93. The van der Waals surface area contributed by atoms with Gasteiger partial charge in [0.1, 0.15) is 5.75 Å². The van der Waals surface area contributed by atoms with Gasteiger partial charge in [0, 0.05) is 36.0 Å². The number of para-hydroxylation sites is 1. The van der Waals surface area contributed by atoms with Crippen molar-refractivity contribution in [3.8, 4) is 17.2 Å². The summed E-state index contributed by atoms with van der Waals surface area (Å²) < 4.78 is 16.0. The molecule has 0 radical (unpaired) electrons. The normalized spacial score (nSPS) is 11.7. The van der Waals surface area contributed by atoms with Gasteiger partial charge in [0.25, 0.3) is 0 Å². The highest BCUT2D eigenvalue weighted by atomic mass is 16.5. The molecule has 1 heterocycles. The summed E-state index contributed by atoms with van der Waals surface area (Å²) in [6.45, 7) is 0.539. The molecule has 0 saturated heterocycles. The topological polar surface area (TPSA) is 72.6 Å². The van der Waals surface area contributed by atoms with Crippen molar-refractivity contribution in [2.45, 2.75) is 18.8 Å². The zero-order valence-corrected chi connectivity index (χ0v) is 19.8. The molecular formula is C28H30N2O4. The number of rotatable bonds is 10. The molecule has 0 saturated carbocycles. The van der Waals surface area contributed by atoms with Crippen molar-refractivity contribution in [1.29, 1.82) is 0 Å². The number of hydrogen-bond donors (Lipinski definition) is 2. The lowest BCUT2D eigenvalue weighted by Crippen LogP contribution is -2.27. The Morgan fingerprint density at radius 2 is 1.68 bits per heavy atom. The Kier molecular flexibility index (Phi) is 7.38. The van der Waals surface area contributed by atoms with E-state index < -0.39 is 0 Å². The van der Waals surface area contributed by atoms with Crippen molar-refractivity contribution in [3.63, 3.8) is 0 Å². The molecule has 1 aromatic heterocycles. The number of hydrogen-bond acceptors (Lipinski definition) is 4.